The fourth-order valence-electron chi connectivity index (χ4n) is 2.77. The Balaban J connectivity index is 1.59. The zero-order chi connectivity index (χ0) is 16.4. The van der Waals surface area contributed by atoms with Crippen LogP contribution in [0.2, 0.25) is 0 Å². The van der Waals surface area contributed by atoms with Gasteiger partial charge in [-0.1, -0.05) is 5.16 Å². The quantitative estimate of drug-likeness (QED) is 0.790. The number of pyridine rings is 2. The molecule has 0 bridgehead atoms. The summed E-state index contributed by atoms with van der Waals surface area (Å²) in [6.07, 6.45) is 6.46. The van der Waals surface area contributed by atoms with E-state index in [0.717, 1.165) is 42.9 Å². The van der Waals surface area contributed by atoms with Gasteiger partial charge in [0.25, 0.3) is 5.89 Å². The lowest BCUT2D eigenvalue weighted by Crippen LogP contribution is -2.36. The Morgan fingerprint density at radius 3 is 2.79 bits per heavy atom. The second kappa shape index (κ2) is 6.37. The highest BCUT2D eigenvalue weighted by Gasteiger charge is 2.19. The van der Waals surface area contributed by atoms with Crippen molar-refractivity contribution in [3.63, 3.8) is 0 Å². The second-order valence-corrected chi connectivity index (χ2v) is 5.79. The van der Waals surface area contributed by atoms with Gasteiger partial charge in [-0.05, 0) is 37.1 Å². The van der Waals surface area contributed by atoms with E-state index in [1.54, 1.807) is 18.6 Å². The van der Waals surface area contributed by atoms with Crippen LogP contribution < -0.4 is 4.90 Å². The summed E-state index contributed by atoms with van der Waals surface area (Å²) in [5.41, 5.74) is 1.64. The van der Waals surface area contributed by atoms with Gasteiger partial charge in [0.2, 0.25) is 5.82 Å². The van der Waals surface area contributed by atoms with Gasteiger partial charge in [0, 0.05) is 42.8 Å². The molecule has 1 N–H and O–H groups in total. The molecule has 1 fully saturated rings. The van der Waals surface area contributed by atoms with Crippen molar-refractivity contribution in [1.82, 2.24) is 20.1 Å². The van der Waals surface area contributed by atoms with Crippen molar-refractivity contribution < 1.29 is 9.63 Å². The second-order valence-electron chi connectivity index (χ2n) is 5.79. The molecule has 1 aliphatic heterocycles. The van der Waals surface area contributed by atoms with Crippen molar-refractivity contribution in [3.05, 3.63) is 42.9 Å². The van der Waals surface area contributed by atoms with Crippen molar-refractivity contribution in [2.45, 2.75) is 18.9 Å². The number of aromatic nitrogens is 4. The van der Waals surface area contributed by atoms with Crippen molar-refractivity contribution in [2.24, 2.45) is 0 Å². The molecule has 0 aromatic carbocycles. The maximum absolute atomic E-state index is 9.63. The smallest absolute Gasteiger partial charge is 0.258 e. The third-order valence-electron chi connectivity index (χ3n) is 4.13. The Hall–Kier alpha value is -2.80. The topological polar surface area (TPSA) is 88.2 Å². The Morgan fingerprint density at radius 1 is 1.12 bits per heavy atom. The first-order valence-electron chi connectivity index (χ1n) is 7.93. The predicted molar refractivity (Wildman–Crippen MR) is 88.2 cm³/mol. The summed E-state index contributed by atoms with van der Waals surface area (Å²) in [4.78, 5) is 15.1. The molecule has 0 radical (unpaired) electrons. The van der Waals surface area contributed by atoms with Crippen LogP contribution in [0, 0.1) is 0 Å². The van der Waals surface area contributed by atoms with Crippen LogP contribution in [-0.4, -0.2) is 44.4 Å². The number of aliphatic hydroxyl groups is 1. The molecule has 0 spiro atoms. The van der Waals surface area contributed by atoms with E-state index in [1.165, 1.54) is 0 Å². The molecule has 122 valence electrons. The van der Waals surface area contributed by atoms with Crippen molar-refractivity contribution in [2.75, 3.05) is 18.0 Å². The lowest BCUT2D eigenvalue weighted by molar-refractivity contribution is 0.145. The van der Waals surface area contributed by atoms with E-state index in [4.69, 9.17) is 4.52 Å². The fraction of sp³-hybridized carbons (Fsp3) is 0.294. The number of hydrogen-bond donors (Lipinski definition) is 1. The first-order chi connectivity index (χ1) is 11.8. The first kappa shape index (κ1) is 14.8. The van der Waals surface area contributed by atoms with Crippen LogP contribution in [0.3, 0.4) is 0 Å². The van der Waals surface area contributed by atoms with Crippen molar-refractivity contribution in [3.8, 4) is 22.8 Å². The van der Waals surface area contributed by atoms with E-state index < -0.39 is 0 Å². The molecule has 3 aromatic rings. The van der Waals surface area contributed by atoms with E-state index >= 15 is 0 Å². The number of rotatable bonds is 3. The Kier molecular flexibility index (Phi) is 3.92. The standard InChI is InChI=1S/C17H17N5O2/c23-14-4-8-22(9-5-14)15-10-12(3-7-19-15)17-20-16(21-24-17)13-2-1-6-18-11-13/h1-3,6-7,10-11,14,23H,4-5,8-9H2. The number of nitrogens with zero attached hydrogens (tertiary/aromatic N) is 5. The highest BCUT2D eigenvalue weighted by Crippen LogP contribution is 2.25. The van der Waals surface area contributed by atoms with E-state index in [2.05, 4.69) is 25.0 Å². The maximum atomic E-state index is 9.63. The molecule has 1 aliphatic rings. The van der Waals surface area contributed by atoms with Gasteiger partial charge in [-0.2, -0.15) is 4.98 Å². The van der Waals surface area contributed by atoms with Crippen LogP contribution in [0.25, 0.3) is 22.8 Å². The summed E-state index contributed by atoms with van der Waals surface area (Å²) < 4.78 is 5.39. The van der Waals surface area contributed by atoms with Crippen LogP contribution in [0.5, 0.6) is 0 Å². The zero-order valence-corrected chi connectivity index (χ0v) is 13.0. The minimum absolute atomic E-state index is 0.206. The number of anilines is 1. The number of piperidine rings is 1. The van der Waals surface area contributed by atoms with Crippen LogP contribution in [0.4, 0.5) is 5.82 Å². The van der Waals surface area contributed by atoms with Gasteiger partial charge >= 0.3 is 0 Å². The average Bonchev–Trinajstić information content (AvgIpc) is 3.13. The minimum atomic E-state index is -0.206. The van der Waals surface area contributed by atoms with Gasteiger partial charge in [-0.25, -0.2) is 4.98 Å². The van der Waals surface area contributed by atoms with Gasteiger partial charge < -0.3 is 14.5 Å². The summed E-state index contributed by atoms with van der Waals surface area (Å²) in [5, 5.41) is 13.7. The molecule has 4 rings (SSSR count). The molecule has 0 saturated carbocycles. The third kappa shape index (κ3) is 2.98. The van der Waals surface area contributed by atoms with Gasteiger partial charge in [-0.15, -0.1) is 0 Å². The van der Waals surface area contributed by atoms with Crippen LogP contribution in [-0.2, 0) is 0 Å². The third-order valence-corrected chi connectivity index (χ3v) is 4.13. The molecule has 0 aliphatic carbocycles. The molecule has 0 amide bonds. The number of aliphatic hydroxyl groups excluding tert-OH is 1. The predicted octanol–water partition coefficient (Wildman–Crippen LogP) is 2.15. The average molecular weight is 323 g/mol. The highest BCUT2D eigenvalue weighted by molar-refractivity contribution is 5.62. The highest BCUT2D eigenvalue weighted by atomic mass is 16.5. The van der Waals surface area contributed by atoms with Gasteiger partial charge in [0.15, 0.2) is 0 Å². The molecule has 7 heteroatoms. The summed E-state index contributed by atoms with van der Waals surface area (Å²) in [5.74, 6) is 1.83. The monoisotopic (exact) mass is 323 g/mol. The van der Waals surface area contributed by atoms with Crippen LogP contribution in [0.1, 0.15) is 12.8 Å². The van der Waals surface area contributed by atoms with Gasteiger partial charge in [-0.3, -0.25) is 4.98 Å². The normalized spacial score (nSPS) is 15.6. The summed E-state index contributed by atoms with van der Waals surface area (Å²) in [6, 6.07) is 7.51. The zero-order valence-electron chi connectivity index (χ0n) is 13.0. The molecule has 0 atom stereocenters. The molecular formula is C17H17N5O2. The van der Waals surface area contributed by atoms with Gasteiger partial charge in [0.1, 0.15) is 5.82 Å². The van der Waals surface area contributed by atoms with Crippen molar-refractivity contribution in [1.29, 1.82) is 0 Å². The lowest BCUT2D eigenvalue weighted by Gasteiger charge is -2.30. The Labute approximate surface area is 139 Å². The van der Waals surface area contributed by atoms with Crippen LogP contribution >= 0.6 is 0 Å². The van der Waals surface area contributed by atoms with Crippen LogP contribution in [0.15, 0.2) is 47.4 Å². The van der Waals surface area contributed by atoms with E-state index in [9.17, 15) is 5.11 Å². The largest absolute Gasteiger partial charge is 0.393 e. The molecular weight excluding hydrogens is 306 g/mol. The number of hydrogen-bond acceptors (Lipinski definition) is 7. The Morgan fingerprint density at radius 2 is 2.00 bits per heavy atom. The lowest BCUT2D eigenvalue weighted by atomic mass is 10.1. The Bertz CT molecular complexity index is 813. The van der Waals surface area contributed by atoms with Gasteiger partial charge in [0.05, 0.1) is 6.10 Å². The first-order valence-corrected chi connectivity index (χ1v) is 7.93. The molecule has 0 unspecified atom stereocenters. The summed E-state index contributed by atoms with van der Waals surface area (Å²) in [7, 11) is 0. The molecule has 1 saturated heterocycles. The maximum Gasteiger partial charge on any atom is 0.258 e. The molecule has 24 heavy (non-hydrogen) atoms. The fourth-order valence-corrected chi connectivity index (χ4v) is 2.77. The van der Waals surface area contributed by atoms with Crippen molar-refractivity contribution >= 4 is 5.82 Å². The summed E-state index contributed by atoms with van der Waals surface area (Å²) >= 11 is 0. The molecule has 4 heterocycles. The van der Waals surface area contributed by atoms with E-state index in [1.807, 2.05) is 24.3 Å². The minimum Gasteiger partial charge on any atom is -0.393 e. The molecule has 3 aromatic heterocycles. The SMILES string of the molecule is OC1CCN(c2cc(-c3nc(-c4cccnc4)no3)ccn2)CC1. The summed E-state index contributed by atoms with van der Waals surface area (Å²) in [6.45, 7) is 1.59. The van der Waals surface area contributed by atoms with E-state index in [-0.39, 0.29) is 6.10 Å². The van der Waals surface area contributed by atoms with E-state index in [0.29, 0.717) is 11.7 Å². The molecule has 7 nitrogen and oxygen atoms in total.